The van der Waals surface area contributed by atoms with Gasteiger partial charge in [0.05, 0.1) is 6.61 Å². The van der Waals surface area contributed by atoms with Gasteiger partial charge in [-0.1, -0.05) is 29.4 Å². The van der Waals surface area contributed by atoms with Crippen molar-refractivity contribution < 1.29 is 4.74 Å². The van der Waals surface area contributed by atoms with Crippen LogP contribution in [0.1, 0.15) is 5.69 Å². The molecule has 17 heavy (non-hydrogen) atoms. The van der Waals surface area contributed by atoms with Gasteiger partial charge in [0, 0.05) is 21.8 Å². The normalized spacial score (nSPS) is 10.5. The Bertz CT molecular complexity index is 487. The highest BCUT2D eigenvalue weighted by atomic mass is 35.5. The van der Waals surface area contributed by atoms with Crippen LogP contribution in [0, 0.1) is 6.92 Å². The summed E-state index contributed by atoms with van der Waals surface area (Å²) in [5.74, 6) is 1.70. The van der Waals surface area contributed by atoms with E-state index in [4.69, 9.17) is 16.3 Å². The topological polar surface area (TPSA) is 22.1 Å². The van der Waals surface area contributed by atoms with Gasteiger partial charge in [-0.3, -0.25) is 0 Å². The summed E-state index contributed by atoms with van der Waals surface area (Å²) in [7, 11) is 0. The van der Waals surface area contributed by atoms with E-state index in [0.29, 0.717) is 11.6 Å². The molecule has 0 unspecified atom stereocenters. The Kier molecular flexibility index (Phi) is 4.71. The minimum Gasteiger partial charge on any atom is -0.493 e. The van der Waals surface area contributed by atoms with Gasteiger partial charge in [0.15, 0.2) is 0 Å². The number of thiazole rings is 1. The lowest BCUT2D eigenvalue weighted by molar-refractivity contribution is 0.344. The van der Waals surface area contributed by atoms with Crippen molar-refractivity contribution in [2.75, 3.05) is 12.4 Å². The molecular formula is C12H12ClNOS2. The molecule has 0 radical (unpaired) electrons. The number of nitrogens with zero attached hydrogens (tertiary/aromatic N) is 1. The van der Waals surface area contributed by atoms with Gasteiger partial charge < -0.3 is 4.74 Å². The molecule has 0 saturated carbocycles. The molecule has 0 spiro atoms. The van der Waals surface area contributed by atoms with Crippen LogP contribution in [0.4, 0.5) is 0 Å². The van der Waals surface area contributed by atoms with E-state index >= 15 is 0 Å². The summed E-state index contributed by atoms with van der Waals surface area (Å²) < 4.78 is 6.68. The van der Waals surface area contributed by atoms with E-state index in [1.54, 1.807) is 23.1 Å². The second kappa shape index (κ2) is 6.28. The zero-order chi connectivity index (χ0) is 12.1. The SMILES string of the molecule is Cc1csc(SCCOc2cccc(Cl)c2)n1. The van der Waals surface area contributed by atoms with E-state index in [0.717, 1.165) is 21.5 Å². The molecule has 0 atom stereocenters. The van der Waals surface area contributed by atoms with Crippen LogP contribution in [-0.2, 0) is 0 Å². The Labute approximate surface area is 114 Å². The van der Waals surface area contributed by atoms with E-state index in [-0.39, 0.29) is 0 Å². The molecule has 0 aliphatic carbocycles. The molecule has 2 rings (SSSR count). The van der Waals surface area contributed by atoms with Crippen molar-refractivity contribution in [3.63, 3.8) is 0 Å². The van der Waals surface area contributed by atoms with Crippen molar-refractivity contribution in [1.29, 1.82) is 0 Å². The molecule has 2 nitrogen and oxygen atoms in total. The van der Waals surface area contributed by atoms with Crippen molar-refractivity contribution in [3.8, 4) is 5.75 Å². The fourth-order valence-electron chi connectivity index (χ4n) is 1.24. The van der Waals surface area contributed by atoms with Gasteiger partial charge in [-0.05, 0) is 25.1 Å². The first-order valence-electron chi connectivity index (χ1n) is 5.17. The fraction of sp³-hybridized carbons (Fsp3) is 0.250. The molecule has 1 heterocycles. The molecule has 0 amide bonds. The molecule has 90 valence electrons. The number of aryl methyl sites for hydroxylation is 1. The second-order valence-corrected chi connectivity index (χ2v) is 6.05. The number of halogens is 1. The van der Waals surface area contributed by atoms with Crippen molar-refractivity contribution in [3.05, 3.63) is 40.4 Å². The van der Waals surface area contributed by atoms with E-state index in [2.05, 4.69) is 10.4 Å². The highest BCUT2D eigenvalue weighted by Gasteiger charge is 2.00. The number of benzene rings is 1. The van der Waals surface area contributed by atoms with E-state index in [1.165, 1.54) is 0 Å². The van der Waals surface area contributed by atoms with Crippen LogP contribution in [0.5, 0.6) is 5.75 Å². The Morgan fingerprint density at radius 2 is 2.35 bits per heavy atom. The molecule has 1 aromatic heterocycles. The first-order valence-corrected chi connectivity index (χ1v) is 7.41. The number of ether oxygens (including phenoxy) is 1. The lowest BCUT2D eigenvalue weighted by Gasteiger charge is -2.04. The molecule has 2 aromatic rings. The lowest BCUT2D eigenvalue weighted by Crippen LogP contribution is -1.99. The molecule has 0 aliphatic heterocycles. The van der Waals surface area contributed by atoms with Gasteiger partial charge in [-0.15, -0.1) is 11.3 Å². The summed E-state index contributed by atoms with van der Waals surface area (Å²) in [5, 5.41) is 2.76. The summed E-state index contributed by atoms with van der Waals surface area (Å²) in [6, 6.07) is 7.44. The fourth-order valence-corrected chi connectivity index (χ4v) is 3.16. The molecule has 0 bridgehead atoms. The Morgan fingerprint density at radius 1 is 1.47 bits per heavy atom. The van der Waals surface area contributed by atoms with Crippen molar-refractivity contribution in [2.45, 2.75) is 11.3 Å². The Balaban J connectivity index is 1.73. The van der Waals surface area contributed by atoms with Gasteiger partial charge in [-0.25, -0.2) is 4.98 Å². The minimum atomic E-state index is 0.656. The van der Waals surface area contributed by atoms with Crippen LogP contribution in [0.2, 0.25) is 5.02 Å². The third-order valence-corrected chi connectivity index (χ3v) is 4.31. The van der Waals surface area contributed by atoms with Crippen LogP contribution < -0.4 is 4.74 Å². The monoisotopic (exact) mass is 285 g/mol. The largest absolute Gasteiger partial charge is 0.493 e. The smallest absolute Gasteiger partial charge is 0.150 e. The summed E-state index contributed by atoms with van der Waals surface area (Å²) in [5.41, 5.74) is 1.08. The zero-order valence-corrected chi connectivity index (χ0v) is 11.7. The molecule has 0 saturated heterocycles. The van der Waals surface area contributed by atoms with Crippen molar-refractivity contribution >= 4 is 34.7 Å². The predicted molar refractivity (Wildman–Crippen MR) is 74.5 cm³/mol. The van der Waals surface area contributed by atoms with E-state index in [1.807, 2.05) is 31.2 Å². The Hall–Kier alpha value is -0.710. The first-order chi connectivity index (χ1) is 8.24. The van der Waals surface area contributed by atoms with Gasteiger partial charge in [0.1, 0.15) is 10.1 Å². The third kappa shape index (κ3) is 4.22. The summed E-state index contributed by atoms with van der Waals surface area (Å²) >= 11 is 9.25. The maximum absolute atomic E-state index is 5.86. The second-order valence-electron chi connectivity index (χ2n) is 3.41. The quantitative estimate of drug-likeness (QED) is 0.605. The number of hydrogen-bond donors (Lipinski definition) is 0. The minimum absolute atomic E-state index is 0.656. The van der Waals surface area contributed by atoms with Crippen LogP contribution in [0.15, 0.2) is 34.0 Å². The zero-order valence-electron chi connectivity index (χ0n) is 9.35. The van der Waals surface area contributed by atoms with Crippen molar-refractivity contribution in [2.24, 2.45) is 0 Å². The third-order valence-electron chi connectivity index (χ3n) is 1.97. The molecule has 0 N–H and O–H groups in total. The number of thioether (sulfide) groups is 1. The first kappa shape index (κ1) is 12.7. The number of rotatable bonds is 5. The maximum Gasteiger partial charge on any atom is 0.150 e. The predicted octanol–water partition coefficient (Wildman–Crippen LogP) is 4.28. The van der Waals surface area contributed by atoms with Crippen molar-refractivity contribution in [1.82, 2.24) is 4.98 Å². The van der Waals surface area contributed by atoms with Gasteiger partial charge in [-0.2, -0.15) is 0 Å². The maximum atomic E-state index is 5.86. The molecular weight excluding hydrogens is 274 g/mol. The number of aromatic nitrogens is 1. The Morgan fingerprint density at radius 3 is 3.06 bits per heavy atom. The number of hydrogen-bond acceptors (Lipinski definition) is 4. The lowest BCUT2D eigenvalue weighted by atomic mass is 10.3. The molecule has 5 heteroatoms. The molecule has 1 aromatic carbocycles. The average molecular weight is 286 g/mol. The van der Waals surface area contributed by atoms with Crippen LogP contribution in [0.25, 0.3) is 0 Å². The highest BCUT2D eigenvalue weighted by Crippen LogP contribution is 2.22. The summed E-state index contributed by atoms with van der Waals surface area (Å²) in [6.45, 7) is 2.66. The van der Waals surface area contributed by atoms with Gasteiger partial charge in [0.2, 0.25) is 0 Å². The van der Waals surface area contributed by atoms with E-state index in [9.17, 15) is 0 Å². The van der Waals surface area contributed by atoms with Gasteiger partial charge in [0.25, 0.3) is 0 Å². The molecule has 0 fully saturated rings. The van der Waals surface area contributed by atoms with Crippen LogP contribution >= 0.6 is 34.7 Å². The molecule has 0 aliphatic rings. The summed E-state index contributed by atoms with van der Waals surface area (Å²) in [6.07, 6.45) is 0. The highest BCUT2D eigenvalue weighted by molar-refractivity contribution is 8.01. The van der Waals surface area contributed by atoms with Crippen LogP contribution in [0.3, 0.4) is 0 Å². The standard InChI is InChI=1S/C12H12ClNOS2/c1-9-8-17-12(14-9)16-6-5-15-11-4-2-3-10(13)7-11/h2-4,7-8H,5-6H2,1H3. The van der Waals surface area contributed by atoms with Crippen LogP contribution in [-0.4, -0.2) is 17.3 Å². The van der Waals surface area contributed by atoms with E-state index < -0.39 is 0 Å². The summed E-state index contributed by atoms with van der Waals surface area (Å²) in [4.78, 5) is 4.37. The van der Waals surface area contributed by atoms with Gasteiger partial charge >= 0.3 is 0 Å². The average Bonchev–Trinajstić information content (AvgIpc) is 2.71.